The Kier molecular flexibility index (Phi) is 5.54. The molecule has 1 fully saturated rings. The number of thiazole rings is 1. The number of amides is 1. The highest BCUT2D eigenvalue weighted by Crippen LogP contribution is 2.26. The fourth-order valence-electron chi connectivity index (χ4n) is 2.57. The number of hydrogen-bond acceptors (Lipinski definition) is 4. The second-order valence-corrected chi connectivity index (χ2v) is 7.27. The molecule has 4 nitrogen and oxygen atoms in total. The monoisotopic (exact) mass is 369 g/mol. The molecule has 1 aliphatic heterocycles. The van der Waals surface area contributed by atoms with Crippen molar-refractivity contribution in [3.63, 3.8) is 0 Å². The Labute approximate surface area is 149 Å². The van der Waals surface area contributed by atoms with Crippen LogP contribution >= 0.6 is 34.5 Å². The highest BCUT2D eigenvalue weighted by atomic mass is 35.5. The highest BCUT2D eigenvalue weighted by Gasteiger charge is 2.20. The molecule has 7 heteroatoms. The van der Waals surface area contributed by atoms with Crippen molar-refractivity contribution in [2.45, 2.75) is 25.3 Å². The van der Waals surface area contributed by atoms with Crippen LogP contribution in [-0.4, -0.2) is 24.0 Å². The molecular weight excluding hydrogens is 353 g/mol. The lowest BCUT2D eigenvalue weighted by molar-refractivity contribution is 0.0946. The topological polar surface area (TPSA) is 54.0 Å². The third-order valence-electron chi connectivity index (χ3n) is 3.86. The van der Waals surface area contributed by atoms with E-state index in [1.807, 2.05) is 11.4 Å². The normalized spacial score (nSPS) is 17.9. The van der Waals surface area contributed by atoms with Crippen LogP contribution in [0.25, 0.3) is 0 Å². The number of nitrogens with one attached hydrogen (secondary N) is 2. The number of halogens is 2. The molecule has 0 spiro atoms. The maximum atomic E-state index is 12.2. The molecule has 1 aromatic carbocycles. The molecule has 1 aliphatic rings. The molecule has 23 heavy (non-hydrogen) atoms. The summed E-state index contributed by atoms with van der Waals surface area (Å²) in [5.41, 5.74) is 1.30. The zero-order valence-electron chi connectivity index (χ0n) is 12.4. The van der Waals surface area contributed by atoms with Crippen molar-refractivity contribution in [1.29, 1.82) is 0 Å². The van der Waals surface area contributed by atoms with Gasteiger partial charge in [0.2, 0.25) is 0 Å². The van der Waals surface area contributed by atoms with Gasteiger partial charge >= 0.3 is 0 Å². The first-order valence-electron chi connectivity index (χ1n) is 7.52. The van der Waals surface area contributed by atoms with Gasteiger partial charge in [0.05, 0.1) is 5.01 Å². The summed E-state index contributed by atoms with van der Waals surface area (Å²) < 4.78 is 0. The Morgan fingerprint density at radius 1 is 1.43 bits per heavy atom. The molecule has 2 heterocycles. The van der Waals surface area contributed by atoms with Crippen LogP contribution in [0.3, 0.4) is 0 Å². The maximum Gasteiger partial charge on any atom is 0.271 e. The summed E-state index contributed by atoms with van der Waals surface area (Å²) in [6.07, 6.45) is 2.28. The second kappa shape index (κ2) is 7.62. The smallest absolute Gasteiger partial charge is 0.271 e. The van der Waals surface area contributed by atoms with Gasteiger partial charge in [-0.25, -0.2) is 4.98 Å². The predicted molar refractivity (Wildman–Crippen MR) is 94.6 cm³/mol. The van der Waals surface area contributed by atoms with E-state index in [0.29, 0.717) is 28.2 Å². The molecule has 2 aromatic rings. The average molecular weight is 370 g/mol. The van der Waals surface area contributed by atoms with Crippen molar-refractivity contribution >= 4 is 40.4 Å². The number of benzene rings is 1. The van der Waals surface area contributed by atoms with E-state index in [2.05, 4.69) is 15.6 Å². The van der Waals surface area contributed by atoms with Gasteiger partial charge in [0.15, 0.2) is 0 Å². The predicted octanol–water partition coefficient (Wildman–Crippen LogP) is 3.85. The maximum absolute atomic E-state index is 12.2. The number of aromatic nitrogens is 1. The minimum Gasteiger partial charge on any atom is -0.347 e. The van der Waals surface area contributed by atoms with Crippen molar-refractivity contribution < 1.29 is 4.79 Å². The van der Waals surface area contributed by atoms with Crippen LogP contribution in [0, 0.1) is 0 Å². The van der Waals surface area contributed by atoms with Crippen molar-refractivity contribution in [2.75, 3.05) is 13.1 Å². The van der Waals surface area contributed by atoms with Gasteiger partial charge in [-0.15, -0.1) is 11.3 Å². The van der Waals surface area contributed by atoms with Crippen molar-refractivity contribution in [3.05, 3.63) is 49.9 Å². The number of hydrogen-bond donors (Lipinski definition) is 2. The van der Waals surface area contributed by atoms with Crippen LogP contribution < -0.4 is 10.6 Å². The van der Waals surface area contributed by atoms with E-state index >= 15 is 0 Å². The van der Waals surface area contributed by atoms with Gasteiger partial charge in [0.25, 0.3) is 5.91 Å². The van der Waals surface area contributed by atoms with E-state index in [-0.39, 0.29) is 5.91 Å². The van der Waals surface area contributed by atoms with E-state index in [1.54, 1.807) is 23.5 Å². The summed E-state index contributed by atoms with van der Waals surface area (Å²) in [6.45, 7) is 2.36. The Morgan fingerprint density at radius 2 is 2.30 bits per heavy atom. The fraction of sp³-hybridized carbons (Fsp3) is 0.375. The Morgan fingerprint density at radius 3 is 3.04 bits per heavy atom. The zero-order chi connectivity index (χ0) is 16.2. The summed E-state index contributed by atoms with van der Waals surface area (Å²) in [6, 6.07) is 5.23. The van der Waals surface area contributed by atoms with Crippen LogP contribution in [0.4, 0.5) is 0 Å². The first-order chi connectivity index (χ1) is 11.1. The van der Waals surface area contributed by atoms with Gasteiger partial charge < -0.3 is 10.6 Å². The largest absolute Gasteiger partial charge is 0.347 e. The zero-order valence-corrected chi connectivity index (χ0v) is 14.8. The van der Waals surface area contributed by atoms with Crippen LogP contribution in [0.15, 0.2) is 23.6 Å². The molecule has 122 valence electrons. The minimum atomic E-state index is -0.178. The Balaban J connectivity index is 1.61. The minimum absolute atomic E-state index is 0.178. The van der Waals surface area contributed by atoms with E-state index in [0.717, 1.165) is 36.5 Å². The molecule has 2 N–H and O–H groups in total. The fourth-order valence-corrected chi connectivity index (χ4v) is 3.99. The molecule has 0 radical (unpaired) electrons. The molecule has 0 aliphatic carbocycles. The molecule has 1 aromatic heterocycles. The summed E-state index contributed by atoms with van der Waals surface area (Å²) in [5.74, 6) is 0.239. The highest BCUT2D eigenvalue weighted by molar-refractivity contribution is 7.09. The molecule has 3 rings (SSSR count). The number of rotatable bonds is 4. The first-order valence-corrected chi connectivity index (χ1v) is 9.15. The average Bonchev–Trinajstić information content (AvgIpc) is 3.05. The van der Waals surface area contributed by atoms with E-state index in [9.17, 15) is 4.79 Å². The van der Waals surface area contributed by atoms with Gasteiger partial charge in [-0.1, -0.05) is 29.3 Å². The van der Waals surface area contributed by atoms with Gasteiger partial charge in [0, 0.05) is 34.4 Å². The van der Waals surface area contributed by atoms with E-state index < -0.39 is 0 Å². The first kappa shape index (κ1) is 16.7. The SMILES string of the molecule is O=C(NCc1ccc(Cl)cc1Cl)c1csc(C2CCCNC2)n1. The summed E-state index contributed by atoms with van der Waals surface area (Å²) in [4.78, 5) is 16.7. The van der Waals surface area contributed by atoms with Gasteiger partial charge in [-0.05, 0) is 37.1 Å². The molecule has 1 unspecified atom stereocenters. The van der Waals surface area contributed by atoms with Gasteiger partial charge in [-0.2, -0.15) is 0 Å². The molecule has 0 saturated carbocycles. The second-order valence-electron chi connectivity index (χ2n) is 5.53. The third-order valence-corrected chi connectivity index (χ3v) is 5.45. The van der Waals surface area contributed by atoms with Crippen molar-refractivity contribution in [2.24, 2.45) is 0 Å². The molecule has 1 amide bonds. The lowest BCUT2D eigenvalue weighted by Crippen LogP contribution is -2.28. The summed E-state index contributed by atoms with van der Waals surface area (Å²) in [7, 11) is 0. The van der Waals surface area contributed by atoms with Crippen LogP contribution in [0.1, 0.15) is 39.8 Å². The third kappa shape index (κ3) is 4.23. The summed E-state index contributed by atoms with van der Waals surface area (Å²) >= 11 is 13.5. The number of nitrogens with zero attached hydrogens (tertiary/aromatic N) is 1. The van der Waals surface area contributed by atoms with Crippen LogP contribution in [-0.2, 0) is 6.54 Å². The molecule has 0 bridgehead atoms. The van der Waals surface area contributed by atoms with E-state index in [4.69, 9.17) is 23.2 Å². The van der Waals surface area contributed by atoms with Crippen LogP contribution in [0.5, 0.6) is 0 Å². The Bertz CT molecular complexity index is 698. The van der Waals surface area contributed by atoms with Crippen molar-refractivity contribution in [3.8, 4) is 0 Å². The molecule has 1 saturated heterocycles. The van der Waals surface area contributed by atoms with Crippen molar-refractivity contribution in [1.82, 2.24) is 15.6 Å². The van der Waals surface area contributed by atoms with E-state index in [1.165, 1.54) is 0 Å². The summed E-state index contributed by atoms with van der Waals surface area (Å²) in [5, 5.41) is 10.2. The molecule has 1 atom stereocenters. The van der Waals surface area contributed by atoms with Gasteiger partial charge in [-0.3, -0.25) is 4.79 Å². The molecular formula is C16H17Cl2N3OS. The lowest BCUT2D eigenvalue weighted by Gasteiger charge is -2.20. The van der Waals surface area contributed by atoms with Gasteiger partial charge in [0.1, 0.15) is 5.69 Å². The number of carbonyl (C=O) groups is 1. The lowest BCUT2D eigenvalue weighted by atomic mass is 10.0. The quantitative estimate of drug-likeness (QED) is 0.860. The number of carbonyl (C=O) groups excluding carboxylic acids is 1. The number of piperidine rings is 1. The standard InChI is InChI=1S/C16H17Cl2N3OS/c17-12-4-3-10(13(18)6-12)8-20-15(22)14-9-23-16(21-14)11-2-1-5-19-7-11/h3-4,6,9,11,19H,1-2,5,7-8H2,(H,20,22). The van der Waals surface area contributed by atoms with Crippen LogP contribution in [0.2, 0.25) is 10.0 Å². The Hall–Kier alpha value is -1.14.